The number of urea groups is 1. The van der Waals surface area contributed by atoms with Crippen molar-refractivity contribution in [1.29, 1.82) is 0 Å². The van der Waals surface area contributed by atoms with Gasteiger partial charge in [-0.25, -0.2) is 4.79 Å². The summed E-state index contributed by atoms with van der Waals surface area (Å²) in [6.07, 6.45) is -7.80. The van der Waals surface area contributed by atoms with Crippen molar-refractivity contribution in [2.24, 2.45) is 0 Å². The predicted molar refractivity (Wildman–Crippen MR) is 83.4 cm³/mol. The van der Waals surface area contributed by atoms with Gasteiger partial charge in [0.1, 0.15) is 30.5 Å². The van der Waals surface area contributed by atoms with E-state index in [-0.39, 0.29) is 0 Å². The second-order valence-electron chi connectivity index (χ2n) is 5.35. The van der Waals surface area contributed by atoms with Crippen LogP contribution < -0.4 is 10.6 Å². The molecule has 0 unspecified atom stereocenters. The summed E-state index contributed by atoms with van der Waals surface area (Å²) in [6.45, 7) is -0.726. The number of carbonyl (C=O) groups is 1. The van der Waals surface area contributed by atoms with E-state index >= 15 is 0 Å². The number of rotatable bonds is 4. The maximum absolute atomic E-state index is 11.9. The lowest BCUT2D eigenvalue weighted by atomic mass is 9.94. The molecule has 2 amide bonds. The first-order valence-corrected chi connectivity index (χ1v) is 7.53. The second-order valence-corrected chi connectivity index (χ2v) is 5.79. The van der Waals surface area contributed by atoms with Gasteiger partial charge in [0.15, 0.2) is 6.29 Å². The summed E-state index contributed by atoms with van der Waals surface area (Å²) >= 11 is 5.73. The Kier molecular flexibility index (Phi) is 6.35. The Hall–Kier alpha value is -1.46. The molecule has 9 nitrogen and oxygen atoms in total. The van der Waals surface area contributed by atoms with Crippen molar-refractivity contribution in [2.45, 2.75) is 36.7 Å². The highest BCUT2D eigenvalue weighted by molar-refractivity contribution is 6.30. The first-order chi connectivity index (χ1) is 11.3. The van der Waals surface area contributed by atoms with Crippen LogP contribution >= 0.6 is 11.6 Å². The lowest BCUT2D eigenvalue weighted by Crippen LogP contribution is -2.66. The van der Waals surface area contributed by atoms with Crippen LogP contribution in [-0.2, 0) is 4.74 Å². The van der Waals surface area contributed by atoms with Crippen LogP contribution in [0.5, 0.6) is 0 Å². The number of ether oxygens (including phenoxy) is 1. The Labute approximate surface area is 142 Å². The number of hydrogen-bond donors (Lipinski definition) is 7. The average Bonchev–Trinajstić information content (AvgIpc) is 2.56. The zero-order valence-electron chi connectivity index (χ0n) is 12.4. The molecule has 1 aromatic rings. The van der Waals surface area contributed by atoms with E-state index in [2.05, 4.69) is 10.6 Å². The molecule has 0 aliphatic carbocycles. The molecular weight excluding hydrogens is 344 g/mol. The van der Waals surface area contributed by atoms with E-state index in [1.165, 1.54) is 0 Å². The van der Waals surface area contributed by atoms with Gasteiger partial charge in [0.25, 0.3) is 0 Å². The Morgan fingerprint density at radius 3 is 2.42 bits per heavy atom. The van der Waals surface area contributed by atoms with Crippen molar-refractivity contribution in [3.05, 3.63) is 29.3 Å². The standard InChI is InChI=1S/C14H19ClN2O7/c15-6-1-3-7(4-2-6)16-14(23)17-9-10(20)11(21)12(8(19)5-18)24-13(9)22/h1-4,8-13,18-22H,5H2,(H2,16,17,23)/t8-,9+,10+,11-,12+,13-/m1/s1. The van der Waals surface area contributed by atoms with Crippen molar-refractivity contribution >= 4 is 23.3 Å². The molecule has 6 atom stereocenters. The van der Waals surface area contributed by atoms with Gasteiger partial charge in [0.2, 0.25) is 0 Å². The Morgan fingerprint density at radius 2 is 1.83 bits per heavy atom. The quantitative estimate of drug-likeness (QED) is 0.348. The fourth-order valence-corrected chi connectivity index (χ4v) is 2.46. The number of aliphatic hydroxyl groups excluding tert-OH is 5. The highest BCUT2D eigenvalue weighted by Crippen LogP contribution is 2.22. The van der Waals surface area contributed by atoms with Crippen LogP contribution in [-0.4, -0.2) is 74.9 Å². The van der Waals surface area contributed by atoms with Crippen LogP contribution in [0.3, 0.4) is 0 Å². The summed E-state index contributed by atoms with van der Waals surface area (Å²) in [4.78, 5) is 11.9. The Bertz CT molecular complexity index is 559. The van der Waals surface area contributed by atoms with E-state index in [1.54, 1.807) is 24.3 Å². The minimum absolute atomic E-state index is 0.423. The van der Waals surface area contributed by atoms with Crippen LogP contribution in [0.4, 0.5) is 10.5 Å². The van der Waals surface area contributed by atoms with E-state index in [9.17, 15) is 25.2 Å². The van der Waals surface area contributed by atoms with Gasteiger partial charge in [0.05, 0.1) is 6.61 Å². The highest BCUT2D eigenvalue weighted by Gasteiger charge is 2.46. The fourth-order valence-electron chi connectivity index (χ4n) is 2.33. The minimum Gasteiger partial charge on any atom is -0.394 e. The van der Waals surface area contributed by atoms with Crippen LogP contribution in [0.1, 0.15) is 0 Å². The van der Waals surface area contributed by atoms with E-state index in [0.717, 1.165) is 0 Å². The molecule has 24 heavy (non-hydrogen) atoms. The number of nitrogens with one attached hydrogen (secondary N) is 2. The zero-order chi connectivity index (χ0) is 17.9. The first-order valence-electron chi connectivity index (χ1n) is 7.15. The monoisotopic (exact) mass is 362 g/mol. The molecule has 1 aliphatic heterocycles. The van der Waals surface area contributed by atoms with Crippen LogP contribution in [0.25, 0.3) is 0 Å². The molecule has 1 saturated heterocycles. The average molecular weight is 363 g/mol. The maximum Gasteiger partial charge on any atom is 0.319 e. The van der Waals surface area contributed by atoms with E-state index < -0.39 is 49.4 Å². The van der Waals surface area contributed by atoms with Crippen molar-refractivity contribution in [3.8, 4) is 0 Å². The van der Waals surface area contributed by atoms with E-state index in [0.29, 0.717) is 10.7 Å². The Morgan fingerprint density at radius 1 is 1.21 bits per heavy atom. The number of carbonyl (C=O) groups excluding carboxylic acids is 1. The van der Waals surface area contributed by atoms with Crippen molar-refractivity contribution in [2.75, 3.05) is 11.9 Å². The molecule has 0 bridgehead atoms. The maximum atomic E-state index is 11.9. The molecule has 0 radical (unpaired) electrons. The van der Waals surface area contributed by atoms with Crippen molar-refractivity contribution in [3.63, 3.8) is 0 Å². The van der Waals surface area contributed by atoms with Crippen LogP contribution in [0, 0.1) is 0 Å². The fraction of sp³-hybridized carbons (Fsp3) is 0.500. The van der Waals surface area contributed by atoms with Crippen LogP contribution in [0.2, 0.25) is 5.02 Å². The SMILES string of the molecule is O=C(Nc1ccc(Cl)cc1)N[C@H]1[C@H](O)[C@@H](O)[C@H]([C@H](O)CO)O[C@H]1O. The number of benzene rings is 1. The smallest absolute Gasteiger partial charge is 0.319 e. The van der Waals surface area contributed by atoms with Gasteiger partial charge in [0, 0.05) is 10.7 Å². The Balaban J connectivity index is 1.98. The van der Waals surface area contributed by atoms with Gasteiger partial charge in [-0.05, 0) is 24.3 Å². The molecule has 10 heteroatoms. The summed E-state index contributed by atoms with van der Waals surface area (Å²) in [7, 11) is 0. The molecule has 2 rings (SSSR count). The zero-order valence-corrected chi connectivity index (χ0v) is 13.2. The number of aliphatic hydroxyl groups is 5. The molecule has 7 N–H and O–H groups in total. The van der Waals surface area contributed by atoms with Gasteiger partial charge in [-0.15, -0.1) is 0 Å². The third-order valence-corrected chi connectivity index (χ3v) is 3.88. The van der Waals surface area contributed by atoms with E-state index in [1.807, 2.05) is 0 Å². The summed E-state index contributed by atoms with van der Waals surface area (Å²) in [5, 5.41) is 53.4. The lowest BCUT2D eigenvalue weighted by Gasteiger charge is -2.42. The highest BCUT2D eigenvalue weighted by atomic mass is 35.5. The summed E-state index contributed by atoms with van der Waals surface area (Å²) in [6, 6.07) is 4.14. The van der Waals surface area contributed by atoms with Gasteiger partial charge in [-0.3, -0.25) is 0 Å². The summed E-state index contributed by atoms with van der Waals surface area (Å²) < 4.78 is 4.98. The molecular formula is C14H19ClN2O7. The molecule has 1 aromatic carbocycles. The second kappa shape index (κ2) is 8.08. The minimum atomic E-state index is -1.69. The third kappa shape index (κ3) is 4.33. The molecule has 0 aromatic heterocycles. The molecule has 0 saturated carbocycles. The number of amides is 2. The molecule has 0 spiro atoms. The van der Waals surface area contributed by atoms with Gasteiger partial charge in [-0.1, -0.05) is 11.6 Å². The number of anilines is 1. The molecule has 1 heterocycles. The molecule has 1 aliphatic rings. The van der Waals surface area contributed by atoms with Gasteiger partial charge in [-0.2, -0.15) is 0 Å². The normalized spacial score (nSPS) is 31.3. The predicted octanol–water partition coefficient (Wildman–Crippen LogP) is -1.38. The topological polar surface area (TPSA) is 152 Å². The van der Waals surface area contributed by atoms with Crippen molar-refractivity contribution in [1.82, 2.24) is 5.32 Å². The molecule has 1 fully saturated rings. The molecule has 134 valence electrons. The van der Waals surface area contributed by atoms with Crippen molar-refractivity contribution < 1.29 is 35.1 Å². The first kappa shape index (κ1) is 18.9. The third-order valence-electron chi connectivity index (χ3n) is 3.62. The summed E-state index contributed by atoms with van der Waals surface area (Å²) in [5.41, 5.74) is 0.423. The lowest BCUT2D eigenvalue weighted by molar-refractivity contribution is -0.267. The van der Waals surface area contributed by atoms with Gasteiger partial charge < -0.3 is 40.9 Å². The van der Waals surface area contributed by atoms with Crippen LogP contribution in [0.15, 0.2) is 24.3 Å². The van der Waals surface area contributed by atoms with E-state index in [4.69, 9.17) is 21.4 Å². The summed E-state index contributed by atoms with van der Waals surface area (Å²) in [5.74, 6) is 0. The number of halogens is 1. The van der Waals surface area contributed by atoms with Gasteiger partial charge >= 0.3 is 6.03 Å². The number of hydrogen-bond acceptors (Lipinski definition) is 7. The largest absolute Gasteiger partial charge is 0.394 e.